The van der Waals surface area contributed by atoms with E-state index in [4.69, 9.17) is 18.9 Å². The monoisotopic (exact) mass is 545 g/mol. The van der Waals surface area contributed by atoms with Gasteiger partial charge in [0.2, 0.25) is 0 Å². The van der Waals surface area contributed by atoms with Crippen LogP contribution in [-0.2, 0) is 25.4 Å². The van der Waals surface area contributed by atoms with Crippen molar-refractivity contribution in [2.75, 3.05) is 6.61 Å². The molecular formula is C25H24INO5. The molecule has 1 aromatic heterocycles. The fourth-order valence-corrected chi connectivity index (χ4v) is 4.71. The Morgan fingerprint density at radius 2 is 1.31 bits per heavy atom. The Hall–Kier alpha value is -1.88. The number of hydrogen-bond donors (Lipinski definition) is 1. The molecule has 6 nitrogen and oxygen atoms in total. The van der Waals surface area contributed by atoms with E-state index in [0.29, 0.717) is 6.42 Å². The second-order valence-electron chi connectivity index (χ2n) is 7.89. The summed E-state index contributed by atoms with van der Waals surface area (Å²) < 4.78 is 26.4. The van der Waals surface area contributed by atoms with Gasteiger partial charge in [-0.2, -0.15) is 0 Å². The predicted molar refractivity (Wildman–Crippen MR) is 126 cm³/mol. The van der Waals surface area contributed by atoms with Gasteiger partial charge in [0.25, 0.3) is 0 Å². The number of halogens is 1. The summed E-state index contributed by atoms with van der Waals surface area (Å²) in [4.78, 5) is 4.52. The molecule has 2 aromatic carbocycles. The van der Waals surface area contributed by atoms with Gasteiger partial charge in [0.15, 0.2) is 12.6 Å². The van der Waals surface area contributed by atoms with Crippen LogP contribution in [-0.4, -0.2) is 41.1 Å². The molecule has 0 radical (unpaired) electrons. The largest absolute Gasteiger partial charge is 0.394 e. The molecule has 0 bridgehead atoms. The smallest absolute Gasteiger partial charge is 0.184 e. The van der Waals surface area contributed by atoms with E-state index in [1.807, 2.05) is 72.8 Å². The number of fused-ring (bicyclic) bond motifs is 1. The first kappa shape index (κ1) is 21.9. The maximum atomic E-state index is 10.1. The number of aliphatic hydroxyl groups is 1. The third kappa shape index (κ3) is 4.73. The highest BCUT2D eigenvalue weighted by Gasteiger charge is 2.50. The lowest BCUT2D eigenvalue weighted by Gasteiger charge is -2.49. The van der Waals surface area contributed by atoms with Gasteiger partial charge in [-0.15, -0.1) is 0 Å². The molecule has 0 saturated carbocycles. The van der Waals surface area contributed by atoms with Gasteiger partial charge in [-0.05, 0) is 34.7 Å². The highest BCUT2D eigenvalue weighted by molar-refractivity contribution is 14.1. The molecule has 0 amide bonds. The molecule has 5 rings (SSSR count). The van der Waals surface area contributed by atoms with E-state index in [-0.39, 0.29) is 12.7 Å². The molecule has 0 aliphatic carbocycles. The summed E-state index contributed by atoms with van der Waals surface area (Å²) >= 11 is 2.28. The van der Waals surface area contributed by atoms with Crippen molar-refractivity contribution >= 4 is 22.6 Å². The minimum absolute atomic E-state index is 0.177. The molecule has 3 heterocycles. The zero-order valence-corrected chi connectivity index (χ0v) is 19.4. The van der Waals surface area contributed by atoms with Crippen LogP contribution in [0.15, 0.2) is 79.0 Å². The SMILES string of the molecule is OC[C@H]1OC(c2ccccc2)O[C@@H]2[C@@H]1OC(c1ccccc1)O[C@@H]2Cc1cc(I)ccn1. The van der Waals surface area contributed by atoms with Crippen LogP contribution in [0, 0.1) is 3.57 Å². The van der Waals surface area contributed by atoms with Crippen LogP contribution in [0.3, 0.4) is 0 Å². The van der Waals surface area contributed by atoms with Gasteiger partial charge in [-0.1, -0.05) is 60.7 Å². The predicted octanol–water partition coefficient (Wildman–Crippen LogP) is 4.19. The summed E-state index contributed by atoms with van der Waals surface area (Å²) in [7, 11) is 0. The van der Waals surface area contributed by atoms with E-state index < -0.39 is 30.9 Å². The zero-order chi connectivity index (χ0) is 21.9. The average Bonchev–Trinajstić information content (AvgIpc) is 2.84. The van der Waals surface area contributed by atoms with Crippen LogP contribution in [0.5, 0.6) is 0 Å². The van der Waals surface area contributed by atoms with Gasteiger partial charge in [-0.25, -0.2) is 0 Å². The summed E-state index contributed by atoms with van der Waals surface area (Å²) in [5.74, 6) is 0. The lowest BCUT2D eigenvalue weighted by molar-refractivity contribution is -0.384. The first-order valence-electron chi connectivity index (χ1n) is 10.6. The van der Waals surface area contributed by atoms with Crippen LogP contribution in [0.1, 0.15) is 29.4 Å². The standard InChI is InChI=1S/C25H24INO5/c26-18-11-12-27-19(13-18)14-20-22-23(32-24(29-20)16-7-3-1-4-8-16)21(15-28)30-25(31-22)17-9-5-2-6-10-17/h1-13,20-25,28H,14-15H2/t20-,21-,22+,23-,24?,25?/m1/s1. The first-order chi connectivity index (χ1) is 15.7. The van der Waals surface area contributed by atoms with Crippen LogP contribution in [0.2, 0.25) is 0 Å². The van der Waals surface area contributed by atoms with Crippen molar-refractivity contribution in [3.8, 4) is 0 Å². The Kier molecular flexibility index (Phi) is 6.82. The molecule has 2 aliphatic heterocycles. The number of rotatable bonds is 5. The van der Waals surface area contributed by atoms with Crippen molar-refractivity contribution in [2.24, 2.45) is 0 Å². The van der Waals surface area contributed by atoms with Gasteiger partial charge in [0.1, 0.15) is 18.3 Å². The molecule has 166 valence electrons. The molecular weight excluding hydrogens is 521 g/mol. The minimum Gasteiger partial charge on any atom is -0.394 e. The average molecular weight is 545 g/mol. The lowest BCUT2D eigenvalue weighted by atomic mass is 9.95. The molecule has 2 aliphatic rings. The fourth-order valence-electron chi connectivity index (χ4n) is 4.19. The number of hydrogen-bond acceptors (Lipinski definition) is 6. The minimum atomic E-state index is -0.610. The quantitative estimate of drug-likeness (QED) is 0.486. The Balaban J connectivity index is 1.47. The van der Waals surface area contributed by atoms with Crippen molar-refractivity contribution < 1.29 is 24.1 Å². The fraction of sp³-hybridized carbons (Fsp3) is 0.320. The maximum Gasteiger partial charge on any atom is 0.184 e. The Bertz CT molecular complexity index is 1020. The van der Waals surface area contributed by atoms with E-state index in [0.717, 1.165) is 20.4 Å². The van der Waals surface area contributed by atoms with Crippen molar-refractivity contribution in [1.29, 1.82) is 0 Å². The number of aliphatic hydroxyl groups excluding tert-OH is 1. The normalized spacial score (nSPS) is 29.9. The summed E-state index contributed by atoms with van der Waals surface area (Å²) in [5.41, 5.74) is 2.72. The van der Waals surface area contributed by atoms with Gasteiger partial charge in [-0.3, -0.25) is 4.98 Å². The maximum absolute atomic E-state index is 10.1. The molecule has 1 N–H and O–H groups in total. The number of aromatic nitrogens is 1. The second kappa shape index (κ2) is 9.94. The topological polar surface area (TPSA) is 70.0 Å². The third-order valence-corrected chi connectivity index (χ3v) is 6.40. The number of nitrogens with zero attached hydrogens (tertiary/aromatic N) is 1. The zero-order valence-electron chi connectivity index (χ0n) is 17.3. The Labute approximate surface area is 200 Å². The summed E-state index contributed by atoms with van der Waals surface area (Å²) in [6.45, 7) is -0.177. The van der Waals surface area contributed by atoms with Gasteiger partial charge >= 0.3 is 0 Å². The number of benzene rings is 2. The van der Waals surface area contributed by atoms with Crippen molar-refractivity contribution in [3.05, 3.63) is 99.4 Å². The molecule has 2 fully saturated rings. The van der Waals surface area contributed by atoms with Gasteiger partial charge in [0.05, 0.1) is 12.7 Å². The number of pyridine rings is 1. The molecule has 2 saturated heterocycles. The van der Waals surface area contributed by atoms with Crippen LogP contribution >= 0.6 is 22.6 Å². The van der Waals surface area contributed by atoms with Crippen LogP contribution in [0.25, 0.3) is 0 Å². The summed E-state index contributed by atoms with van der Waals surface area (Å²) in [6.07, 6.45) is -0.603. The van der Waals surface area contributed by atoms with E-state index >= 15 is 0 Å². The van der Waals surface area contributed by atoms with E-state index in [1.165, 1.54) is 0 Å². The summed E-state index contributed by atoms with van der Waals surface area (Å²) in [5, 5.41) is 10.1. The molecule has 32 heavy (non-hydrogen) atoms. The van der Waals surface area contributed by atoms with Crippen molar-refractivity contribution in [3.63, 3.8) is 0 Å². The van der Waals surface area contributed by atoms with Crippen LogP contribution in [0.4, 0.5) is 0 Å². The highest BCUT2D eigenvalue weighted by Crippen LogP contribution is 2.41. The molecule has 7 heteroatoms. The van der Waals surface area contributed by atoms with E-state index in [9.17, 15) is 5.11 Å². The third-order valence-electron chi connectivity index (χ3n) is 5.73. The van der Waals surface area contributed by atoms with Crippen LogP contribution < -0.4 is 0 Å². The summed E-state index contributed by atoms with van der Waals surface area (Å²) in [6, 6.07) is 23.5. The van der Waals surface area contributed by atoms with Crippen molar-refractivity contribution in [2.45, 2.75) is 43.4 Å². The van der Waals surface area contributed by atoms with Crippen molar-refractivity contribution in [1.82, 2.24) is 4.98 Å². The molecule has 3 aromatic rings. The number of ether oxygens (including phenoxy) is 4. The van der Waals surface area contributed by atoms with Gasteiger partial charge in [0, 0.05) is 33.0 Å². The van der Waals surface area contributed by atoms with E-state index in [1.54, 1.807) is 6.20 Å². The lowest BCUT2D eigenvalue weighted by Crippen LogP contribution is -2.59. The van der Waals surface area contributed by atoms with E-state index in [2.05, 4.69) is 27.6 Å². The van der Waals surface area contributed by atoms with Gasteiger partial charge < -0.3 is 24.1 Å². The molecule has 0 spiro atoms. The Morgan fingerprint density at radius 3 is 1.88 bits per heavy atom. The Morgan fingerprint density at radius 1 is 0.750 bits per heavy atom. The second-order valence-corrected chi connectivity index (χ2v) is 9.13. The molecule has 6 atom stereocenters. The molecule has 2 unspecified atom stereocenters. The highest BCUT2D eigenvalue weighted by atomic mass is 127. The first-order valence-corrected chi connectivity index (χ1v) is 11.7.